The zero-order valence-corrected chi connectivity index (χ0v) is 25.2. The number of benzene rings is 2. The van der Waals surface area contributed by atoms with Crippen molar-refractivity contribution < 1.29 is 9.53 Å². The molecule has 3 fully saturated rings. The molecule has 41 heavy (non-hydrogen) atoms. The normalized spacial score (nSPS) is 22.6. The third kappa shape index (κ3) is 7.79. The molecular formula is C35H50N4O2. The summed E-state index contributed by atoms with van der Waals surface area (Å²) in [5.41, 5.74) is 17.9. The van der Waals surface area contributed by atoms with Crippen LogP contribution in [0, 0.1) is 5.41 Å². The lowest BCUT2D eigenvalue weighted by molar-refractivity contribution is -0.120. The van der Waals surface area contributed by atoms with E-state index in [2.05, 4.69) is 36.1 Å². The van der Waals surface area contributed by atoms with Gasteiger partial charge in [0.05, 0.1) is 13.2 Å². The van der Waals surface area contributed by atoms with Crippen LogP contribution in [0.25, 0.3) is 0 Å². The minimum Gasteiger partial charge on any atom is -0.493 e. The van der Waals surface area contributed by atoms with E-state index in [0.29, 0.717) is 25.6 Å². The van der Waals surface area contributed by atoms with Gasteiger partial charge in [0.25, 0.3) is 0 Å². The zero-order chi connectivity index (χ0) is 28.8. The minimum atomic E-state index is -0.0118. The van der Waals surface area contributed by atoms with Gasteiger partial charge in [-0.25, -0.2) is 0 Å². The van der Waals surface area contributed by atoms with Crippen molar-refractivity contribution in [1.82, 2.24) is 4.90 Å². The summed E-state index contributed by atoms with van der Waals surface area (Å²) in [5, 5.41) is 0. The molecule has 4 N–H and O–H groups in total. The van der Waals surface area contributed by atoms with Crippen molar-refractivity contribution >= 4 is 11.6 Å². The summed E-state index contributed by atoms with van der Waals surface area (Å²) >= 11 is 0. The first-order valence-electron chi connectivity index (χ1n) is 15.9. The molecule has 6 nitrogen and oxygen atoms in total. The lowest BCUT2D eigenvalue weighted by Crippen LogP contribution is -2.44. The molecule has 3 atom stereocenters. The number of fused-ring (bicyclic) bond motifs is 1. The number of hydrogen-bond acceptors (Lipinski definition) is 5. The van der Waals surface area contributed by atoms with Crippen molar-refractivity contribution in [1.29, 1.82) is 0 Å². The summed E-state index contributed by atoms with van der Waals surface area (Å²) < 4.78 is 5.71. The summed E-state index contributed by atoms with van der Waals surface area (Å²) in [6.07, 6.45) is 15.2. The van der Waals surface area contributed by atoms with Gasteiger partial charge in [-0.15, -0.1) is 0 Å². The largest absolute Gasteiger partial charge is 0.493 e. The highest BCUT2D eigenvalue weighted by Crippen LogP contribution is 2.65. The van der Waals surface area contributed by atoms with E-state index >= 15 is 0 Å². The number of carbonyl (C=O) groups excluding carboxylic acids is 1. The number of unbranched alkanes of at least 4 members (excludes halogenated alkanes) is 1. The number of nitrogens with zero attached hydrogens (tertiary/aromatic N) is 2. The van der Waals surface area contributed by atoms with Gasteiger partial charge in [0.2, 0.25) is 5.91 Å². The fourth-order valence-electron chi connectivity index (χ4n) is 6.44. The molecule has 1 spiro atoms. The number of hydrogen-bond donors (Lipinski definition) is 2. The highest BCUT2D eigenvalue weighted by Gasteiger charge is 2.52. The quantitative estimate of drug-likeness (QED) is 0.334. The molecule has 3 unspecified atom stereocenters. The number of allylic oxidation sites excluding steroid dienone is 1. The molecule has 4 aliphatic rings. The number of rotatable bonds is 11. The molecule has 2 aliphatic carbocycles. The van der Waals surface area contributed by atoms with E-state index in [4.69, 9.17) is 16.2 Å². The summed E-state index contributed by atoms with van der Waals surface area (Å²) in [7, 11) is 0. The van der Waals surface area contributed by atoms with E-state index in [1.54, 1.807) is 25.7 Å². The molecule has 6 heteroatoms. The Bertz CT molecular complexity index is 1190. The molecular weight excluding hydrogens is 508 g/mol. The summed E-state index contributed by atoms with van der Waals surface area (Å²) in [5.74, 6) is 1.54. The Hall–Kier alpha value is -2.67. The molecule has 1 saturated heterocycles. The maximum atomic E-state index is 13.7. The molecule has 0 aromatic heterocycles. The van der Waals surface area contributed by atoms with Crippen LogP contribution >= 0.6 is 0 Å². The van der Waals surface area contributed by atoms with Crippen molar-refractivity contribution in [3.63, 3.8) is 0 Å². The number of ether oxygens (including phenoxy) is 1. The van der Waals surface area contributed by atoms with Gasteiger partial charge in [0, 0.05) is 43.8 Å². The van der Waals surface area contributed by atoms with Crippen molar-refractivity contribution in [2.45, 2.75) is 96.2 Å². The molecule has 2 saturated carbocycles. The first-order chi connectivity index (χ1) is 19.9. The van der Waals surface area contributed by atoms with Crippen molar-refractivity contribution in [3.8, 4) is 5.75 Å². The summed E-state index contributed by atoms with van der Waals surface area (Å²) in [6.45, 7) is 7.38. The van der Waals surface area contributed by atoms with E-state index in [1.807, 2.05) is 42.2 Å². The lowest BCUT2D eigenvalue weighted by Gasteiger charge is -2.29. The van der Waals surface area contributed by atoms with Crippen LogP contribution in [0.2, 0.25) is 0 Å². The average Bonchev–Trinajstić information content (AvgIpc) is 3.84. The lowest BCUT2D eigenvalue weighted by atomic mass is 9.92. The smallest absolute Gasteiger partial charge is 0.241 e. The molecule has 0 radical (unpaired) electrons. The maximum Gasteiger partial charge on any atom is 0.241 e. The highest BCUT2D eigenvalue weighted by atomic mass is 16.5. The van der Waals surface area contributed by atoms with Crippen LogP contribution in [0.1, 0.15) is 87.8 Å². The fourth-order valence-corrected chi connectivity index (χ4v) is 6.44. The Kier molecular flexibility index (Phi) is 9.84. The van der Waals surface area contributed by atoms with Gasteiger partial charge < -0.3 is 21.1 Å². The van der Waals surface area contributed by atoms with Crippen LogP contribution in [-0.2, 0) is 17.8 Å². The van der Waals surface area contributed by atoms with E-state index in [1.165, 1.54) is 11.1 Å². The Balaban J connectivity index is 0.000000597. The van der Waals surface area contributed by atoms with E-state index in [9.17, 15) is 4.79 Å². The molecule has 1 amide bonds. The zero-order valence-electron chi connectivity index (χ0n) is 25.2. The minimum absolute atomic E-state index is 0.0118. The van der Waals surface area contributed by atoms with E-state index < -0.39 is 0 Å². The predicted octanol–water partition coefficient (Wildman–Crippen LogP) is 5.93. The highest BCUT2D eigenvalue weighted by molar-refractivity contribution is 5.95. The summed E-state index contributed by atoms with van der Waals surface area (Å²) in [6, 6.07) is 15.0. The number of likely N-dealkylation sites (tertiary alicyclic amines) is 1. The van der Waals surface area contributed by atoms with E-state index in [0.717, 1.165) is 67.7 Å². The molecule has 2 aromatic rings. The molecule has 2 aliphatic heterocycles. The monoisotopic (exact) mass is 558 g/mol. The van der Waals surface area contributed by atoms with Crippen LogP contribution in [0.4, 0.5) is 5.69 Å². The second-order valence-corrected chi connectivity index (χ2v) is 12.7. The SMILES string of the molecule is C/C=C/C(N)CC1CC(c2ccc3c(c2)CCO3)CN1CC(=O)N(CCCC)c1cccc(CN)c1.C1CC12CC2. The van der Waals surface area contributed by atoms with Crippen molar-refractivity contribution in [2.75, 3.05) is 31.1 Å². The molecule has 222 valence electrons. The molecule has 2 heterocycles. The fraction of sp³-hybridized carbons (Fsp3) is 0.571. The second-order valence-electron chi connectivity index (χ2n) is 12.7. The van der Waals surface area contributed by atoms with Crippen LogP contribution in [0.5, 0.6) is 5.75 Å². The van der Waals surface area contributed by atoms with Crippen molar-refractivity contribution in [2.24, 2.45) is 16.9 Å². The second kappa shape index (κ2) is 13.5. The van der Waals surface area contributed by atoms with Crippen LogP contribution in [-0.4, -0.2) is 49.1 Å². The third-order valence-electron chi connectivity index (χ3n) is 9.44. The average molecular weight is 559 g/mol. The van der Waals surface area contributed by atoms with Gasteiger partial charge in [-0.3, -0.25) is 9.69 Å². The number of nitrogens with two attached hydrogens (primary N) is 2. The van der Waals surface area contributed by atoms with Gasteiger partial charge in [-0.1, -0.05) is 49.8 Å². The topological polar surface area (TPSA) is 84.8 Å². The van der Waals surface area contributed by atoms with Crippen LogP contribution in [0.15, 0.2) is 54.6 Å². The van der Waals surface area contributed by atoms with Gasteiger partial charge >= 0.3 is 0 Å². The first kappa shape index (κ1) is 29.8. The van der Waals surface area contributed by atoms with Crippen LogP contribution < -0.4 is 21.1 Å². The Morgan fingerprint density at radius 3 is 2.68 bits per heavy atom. The number of carbonyl (C=O) groups is 1. The Morgan fingerprint density at radius 1 is 1.20 bits per heavy atom. The van der Waals surface area contributed by atoms with Crippen LogP contribution in [0.3, 0.4) is 0 Å². The summed E-state index contributed by atoms with van der Waals surface area (Å²) in [4.78, 5) is 18.1. The van der Waals surface area contributed by atoms with Gasteiger partial charge in [-0.2, -0.15) is 0 Å². The molecule has 6 rings (SSSR count). The van der Waals surface area contributed by atoms with Gasteiger partial charge in [0.1, 0.15) is 5.75 Å². The van der Waals surface area contributed by atoms with Gasteiger partial charge in [0.15, 0.2) is 0 Å². The van der Waals surface area contributed by atoms with Crippen molar-refractivity contribution in [3.05, 3.63) is 71.3 Å². The standard InChI is InChI=1S/C30H42N4O2.C5H8/c1-3-5-13-34(27-9-6-8-22(15-27)19-31)30(35)21-33-20-25(17-28(33)18-26(32)7-4-2)23-10-11-29-24(16-23)12-14-36-29;1-2-5(1)3-4-5/h4,6-11,15-16,25-26,28H,3,5,12-14,17-21,31-32H2,1-2H3;1-4H2/b7-4+;. The molecule has 2 aromatic carbocycles. The van der Waals surface area contributed by atoms with E-state index in [-0.39, 0.29) is 18.0 Å². The van der Waals surface area contributed by atoms with Gasteiger partial charge in [-0.05, 0) is 98.1 Å². The Labute approximate surface area is 247 Å². The maximum absolute atomic E-state index is 13.7. The number of amides is 1. The first-order valence-corrected chi connectivity index (χ1v) is 15.9. The third-order valence-corrected chi connectivity index (χ3v) is 9.44. The Morgan fingerprint density at radius 2 is 2.00 bits per heavy atom. The molecule has 0 bridgehead atoms. The number of anilines is 1. The predicted molar refractivity (Wildman–Crippen MR) is 168 cm³/mol.